The third-order valence-corrected chi connectivity index (χ3v) is 3.78. The zero-order chi connectivity index (χ0) is 16.4. The fourth-order valence-electron chi connectivity index (χ4n) is 2.50. The summed E-state index contributed by atoms with van der Waals surface area (Å²) in [6.45, 7) is 0. The molecular weight excluding hydrogens is 300 g/mol. The van der Waals surface area contributed by atoms with E-state index in [0.717, 1.165) is 16.7 Å². The SMILES string of the molecule is Oc1ccc(-c2nnc(-c3ccc(-c4ccccc4)cc3)o2)cc1. The van der Waals surface area contributed by atoms with E-state index in [4.69, 9.17) is 4.42 Å². The van der Waals surface area contributed by atoms with Crippen LogP contribution < -0.4 is 0 Å². The molecule has 116 valence electrons. The minimum absolute atomic E-state index is 0.204. The molecule has 3 aromatic carbocycles. The molecule has 0 aliphatic rings. The normalized spacial score (nSPS) is 10.7. The van der Waals surface area contributed by atoms with Gasteiger partial charge in [0.25, 0.3) is 0 Å². The third-order valence-electron chi connectivity index (χ3n) is 3.78. The quantitative estimate of drug-likeness (QED) is 0.591. The number of phenolic OH excluding ortho intramolecular Hbond substituents is 1. The molecule has 0 spiro atoms. The van der Waals surface area contributed by atoms with Gasteiger partial charge in [0.05, 0.1) is 0 Å². The molecule has 0 unspecified atom stereocenters. The molecule has 0 amide bonds. The van der Waals surface area contributed by atoms with Crippen molar-refractivity contribution in [3.63, 3.8) is 0 Å². The summed E-state index contributed by atoms with van der Waals surface area (Å²) in [5, 5.41) is 17.5. The van der Waals surface area contributed by atoms with E-state index in [2.05, 4.69) is 22.3 Å². The van der Waals surface area contributed by atoms with Crippen molar-refractivity contribution in [3.8, 4) is 39.8 Å². The largest absolute Gasteiger partial charge is 0.508 e. The van der Waals surface area contributed by atoms with Crippen LogP contribution in [0.25, 0.3) is 34.0 Å². The van der Waals surface area contributed by atoms with Crippen molar-refractivity contribution in [2.24, 2.45) is 0 Å². The predicted octanol–water partition coefficient (Wildman–Crippen LogP) is 4.78. The Bertz CT molecular complexity index is 943. The summed E-state index contributed by atoms with van der Waals surface area (Å²) in [7, 11) is 0. The van der Waals surface area contributed by atoms with Crippen LogP contribution in [0.3, 0.4) is 0 Å². The van der Waals surface area contributed by atoms with E-state index in [0.29, 0.717) is 11.8 Å². The number of phenols is 1. The Morgan fingerprint density at radius 3 is 1.58 bits per heavy atom. The molecule has 0 atom stereocenters. The standard InChI is InChI=1S/C20H14N2O2/c23-18-12-10-17(11-13-18)20-22-21-19(24-20)16-8-6-15(7-9-16)14-4-2-1-3-5-14/h1-13,23H. The highest BCUT2D eigenvalue weighted by Gasteiger charge is 2.10. The van der Waals surface area contributed by atoms with Gasteiger partial charge < -0.3 is 9.52 Å². The van der Waals surface area contributed by atoms with Crippen LogP contribution in [0.2, 0.25) is 0 Å². The van der Waals surface area contributed by atoms with Crippen molar-refractivity contribution < 1.29 is 9.52 Å². The maximum absolute atomic E-state index is 9.34. The lowest BCUT2D eigenvalue weighted by atomic mass is 10.0. The van der Waals surface area contributed by atoms with Crippen molar-refractivity contribution in [1.29, 1.82) is 0 Å². The molecule has 1 heterocycles. The first kappa shape index (κ1) is 14.2. The molecule has 0 radical (unpaired) electrons. The highest BCUT2D eigenvalue weighted by atomic mass is 16.4. The van der Waals surface area contributed by atoms with Crippen LogP contribution in [0.15, 0.2) is 83.3 Å². The summed E-state index contributed by atoms with van der Waals surface area (Å²) in [5.74, 6) is 1.10. The molecule has 0 aliphatic carbocycles. The highest BCUT2D eigenvalue weighted by molar-refractivity contribution is 5.67. The van der Waals surface area contributed by atoms with Gasteiger partial charge in [0.1, 0.15) is 5.75 Å². The molecule has 24 heavy (non-hydrogen) atoms. The fourth-order valence-corrected chi connectivity index (χ4v) is 2.50. The Hall–Kier alpha value is -3.40. The van der Waals surface area contributed by atoms with Gasteiger partial charge in [0.2, 0.25) is 11.8 Å². The Morgan fingerprint density at radius 1 is 0.542 bits per heavy atom. The van der Waals surface area contributed by atoms with Crippen LogP contribution >= 0.6 is 0 Å². The van der Waals surface area contributed by atoms with Gasteiger partial charge in [-0.05, 0) is 47.5 Å². The lowest BCUT2D eigenvalue weighted by Gasteiger charge is -2.02. The Balaban J connectivity index is 1.62. The van der Waals surface area contributed by atoms with Gasteiger partial charge in [0.15, 0.2) is 0 Å². The number of hydrogen-bond acceptors (Lipinski definition) is 4. The number of nitrogens with zero attached hydrogens (tertiary/aromatic N) is 2. The van der Waals surface area contributed by atoms with E-state index in [1.807, 2.05) is 42.5 Å². The molecule has 4 heteroatoms. The van der Waals surface area contributed by atoms with Crippen molar-refractivity contribution in [2.45, 2.75) is 0 Å². The number of aromatic nitrogens is 2. The second-order valence-electron chi connectivity index (χ2n) is 5.40. The molecule has 0 aliphatic heterocycles. The van der Waals surface area contributed by atoms with E-state index in [-0.39, 0.29) is 5.75 Å². The van der Waals surface area contributed by atoms with Crippen LogP contribution in [0.1, 0.15) is 0 Å². The second kappa shape index (κ2) is 6.01. The monoisotopic (exact) mass is 314 g/mol. The number of benzene rings is 3. The minimum atomic E-state index is 0.204. The molecule has 1 N–H and O–H groups in total. The number of hydrogen-bond donors (Lipinski definition) is 1. The molecule has 4 nitrogen and oxygen atoms in total. The second-order valence-corrected chi connectivity index (χ2v) is 5.40. The summed E-state index contributed by atoms with van der Waals surface area (Å²) in [6, 6.07) is 24.9. The molecule has 4 aromatic rings. The molecular formula is C20H14N2O2. The first-order valence-electron chi connectivity index (χ1n) is 7.58. The maximum Gasteiger partial charge on any atom is 0.248 e. The number of rotatable bonds is 3. The topological polar surface area (TPSA) is 59.2 Å². The molecule has 0 fully saturated rings. The Kier molecular flexibility index (Phi) is 3.56. The Labute approximate surface area is 139 Å². The molecule has 4 rings (SSSR count). The predicted molar refractivity (Wildman–Crippen MR) is 92.3 cm³/mol. The van der Waals surface area contributed by atoms with Crippen LogP contribution in [-0.4, -0.2) is 15.3 Å². The average molecular weight is 314 g/mol. The summed E-state index contributed by atoms with van der Waals surface area (Å²) >= 11 is 0. The lowest BCUT2D eigenvalue weighted by Crippen LogP contribution is -1.80. The zero-order valence-electron chi connectivity index (χ0n) is 12.8. The third kappa shape index (κ3) is 2.77. The minimum Gasteiger partial charge on any atom is -0.508 e. The van der Waals surface area contributed by atoms with Gasteiger partial charge in [-0.1, -0.05) is 42.5 Å². The first-order valence-corrected chi connectivity index (χ1v) is 7.58. The highest BCUT2D eigenvalue weighted by Crippen LogP contribution is 2.27. The van der Waals surface area contributed by atoms with Crippen LogP contribution in [0.5, 0.6) is 5.75 Å². The van der Waals surface area contributed by atoms with E-state index in [1.165, 1.54) is 5.56 Å². The Morgan fingerprint density at radius 2 is 1.00 bits per heavy atom. The van der Waals surface area contributed by atoms with Crippen LogP contribution in [0, 0.1) is 0 Å². The van der Waals surface area contributed by atoms with Gasteiger partial charge in [-0.15, -0.1) is 10.2 Å². The molecule has 0 bridgehead atoms. The average Bonchev–Trinajstić information content (AvgIpc) is 3.13. The van der Waals surface area contributed by atoms with E-state index >= 15 is 0 Å². The van der Waals surface area contributed by atoms with Crippen LogP contribution in [0.4, 0.5) is 0 Å². The van der Waals surface area contributed by atoms with E-state index in [1.54, 1.807) is 24.3 Å². The lowest BCUT2D eigenvalue weighted by molar-refractivity contribution is 0.475. The summed E-state index contributed by atoms with van der Waals surface area (Å²) in [5.41, 5.74) is 3.94. The van der Waals surface area contributed by atoms with Gasteiger partial charge in [-0.3, -0.25) is 0 Å². The summed E-state index contributed by atoms with van der Waals surface area (Å²) in [6.07, 6.45) is 0. The van der Waals surface area contributed by atoms with Gasteiger partial charge in [0, 0.05) is 11.1 Å². The molecule has 0 saturated carbocycles. The van der Waals surface area contributed by atoms with Gasteiger partial charge >= 0.3 is 0 Å². The fraction of sp³-hybridized carbons (Fsp3) is 0. The molecule has 1 aromatic heterocycles. The van der Waals surface area contributed by atoms with Crippen LogP contribution in [-0.2, 0) is 0 Å². The summed E-state index contributed by atoms with van der Waals surface area (Å²) in [4.78, 5) is 0. The maximum atomic E-state index is 9.34. The van der Waals surface area contributed by atoms with Crippen molar-refractivity contribution in [1.82, 2.24) is 10.2 Å². The summed E-state index contributed by atoms with van der Waals surface area (Å²) < 4.78 is 5.74. The first-order chi connectivity index (χ1) is 11.8. The van der Waals surface area contributed by atoms with Crippen molar-refractivity contribution >= 4 is 0 Å². The van der Waals surface area contributed by atoms with Crippen molar-refractivity contribution in [2.75, 3.05) is 0 Å². The van der Waals surface area contributed by atoms with Gasteiger partial charge in [-0.2, -0.15) is 0 Å². The smallest absolute Gasteiger partial charge is 0.248 e. The van der Waals surface area contributed by atoms with E-state index in [9.17, 15) is 5.11 Å². The van der Waals surface area contributed by atoms with Gasteiger partial charge in [-0.25, -0.2) is 0 Å². The van der Waals surface area contributed by atoms with Crippen molar-refractivity contribution in [3.05, 3.63) is 78.9 Å². The number of aromatic hydroxyl groups is 1. The zero-order valence-corrected chi connectivity index (χ0v) is 12.8. The van der Waals surface area contributed by atoms with E-state index < -0.39 is 0 Å². The molecule has 0 saturated heterocycles.